The molecule has 0 bridgehead atoms. The van der Waals surface area contributed by atoms with Gasteiger partial charge in [0, 0.05) is 56.1 Å². The Kier molecular flexibility index (Phi) is 7.57. The average molecular weight is 482 g/mol. The van der Waals surface area contributed by atoms with Gasteiger partial charge in [-0.3, -0.25) is 4.98 Å². The lowest BCUT2D eigenvalue weighted by atomic mass is 10.1. The Balaban J connectivity index is 1.55. The Morgan fingerprint density at radius 1 is 1.18 bits per heavy atom. The number of unbranched alkanes of at least 4 members (excludes halogenated alkanes) is 1. The number of nitrogen functional groups attached to an aromatic ring is 1. The highest BCUT2D eigenvalue weighted by molar-refractivity contribution is 6.34. The SMILES string of the molecule is COc1c(C)cnc(Cn2cc(C#CCCCN3CCN(C)CC3)c3c(Cl)nc(N)nc32)c1C. The molecule has 3 aromatic rings. The molecule has 2 N–H and O–H groups in total. The first-order chi connectivity index (χ1) is 16.4. The van der Waals surface area contributed by atoms with E-state index in [2.05, 4.69) is 43.6 Å². The number of fused-ring (bicyclic) bond motifs is 1. The first-order valence-corrected chi connectivity index (χ1v) is 12.0. The Labute approximate surface area is 206 Å². The number of nitrogens with two attached hydrogens (primary N) is 1. The van der Waals surface area contributed by atoms with Crippen molar-refractivity contribution >= 4 is 28.6 Å². The molecule has 0 radical (unpaired) electrons. The largest absolute Gasteiger partial charge is 0.496 e. The molecule has 0 aromatic carbocycles. The second kappa shape index (κ2) is 10.6. The van der Waals surface area contributed by atoms with Crippen LogP contribution in [0.1, 0.15) is 35.2 Å². The minimum absolute atomic E-state index is 0.134. The number of aryl methyl sites for hydroxylation is 1. The second-order valence-corrected chi connectivity index (χ2v) is 9.20. The van der Waals surface area contributed by atoms with Crippen molar-refractivity contribution in [1.29, 1.82) is 0 Å². The molecule has 1 aliphatic rings. The molecule has 1 aliphatic heterocycles. The number of aromatic nitrogens is 4. The minimum Gasteiger partial charge on any atom is -0.496 e. The van der Waals surface area contributed by atoms with Crippen molar-refractivity contribution in [3.8, 4) is 17.6 Å². The zero-order valence-corrected chi connectivity index (χ0v) is 21.1. The second-order valence-electron chi connectivity index (χ2n) is 8.84. The molecule has 0 saturated carbocycles. The van der Waals surface area contributed by atoms with Crippen LogP contribution in [0.15, 0.2) is 12.4 Å². The average Bonchev–Trinajstić information content (AvgIpc) is 3.14. The molecule has 3 aromatic heterocycles. The van der Waals surface area contributed by atoms with Gasteiger partial charge in [-0.15, -0.1) is 0 Å². The van der Waals surface area contributed by atoms with Crippen molar-refractivity contribution in [2.24, 2.45) is 0 Å². The van der Waals surface area contributed by atoms with Crippen molar-refractivity contribution in [2.75, 3.05) is 52.6 Å². The number of pyridine rings is 1. The summed E-state index contributed by atoms with van der Waals surface area (Å²) in [5, 5.41) is 1.04. The summed E-state index contributed by atoms with van der Waals surface area (Å²) in [6, 6.07) is 0. The van der Waals surface area contributed by atoms with Crippen LogP contribution in [0.25, 0.3) is 11.0 Å². The van der Waals surface area contributed by atoms with E-state index in [-0.39, 0.29) is 5.95 Å². The van der Waals surface area contributed by atoms with Crippen LogP contribution in [0, 0.1) is 25.7 Å². The maximum Gasteiger partial charge on any atom is 0.223 e. The molecule has 0 spiro atoms. The van der Waals surface area contributed by atoms with Crippen LogP contribution in [0.3, 0.4) is 0 Å². The third-order valence-corrected chi connectivity index (χ3v) is 6.63. The molecule has 1 fully saturated rings. The van der Waals surface area contributed by atoms with Gasteiger partial charge in [0.1, 0.15) is 16.5 Å². The van der Waals surface area contributed by atoms with E-state index in [4.69, 9.17) is 22.1 Å². The summed E-state index contributed by atoms with van der Waals surface area (Å²) in [6.07, 6.45) is 5.65. The maximum atomic E-state index is 6.48. The quantitative estimate of drug-likeness (QED) is 0.329. The number of anilines is 1. The van der Waals surface area contributed by atoms with E-state index in [1.807, 2.05) is 30.8 Å². The highest BCUT2D eigenvalue weighted by Crippen LogP contribution is 2.29. The van der Waals surface area contributed by atoms with Crippen LogP contribution in [0.4, 0.5) is 5.95 Å². The van der Waals surface area contributed by atoms with E-state index in [1.165, 1.54) is 0 Å². The highest BCUT2D eigenvalue weighted by Gasteiger charge is 2.17. The van der Waals surface area contributed by atoms with Gasteiger partial charge in [-0.25, -0.2) is 4.98 Å². The molecule has 0 atom stereocenters. The Hall–Kier alpha value is -2.86. The summed E-state index contributed by atoms with van der Waals surface area (Å²) in [6.45, 7) is 10.1. The monoisotopic (exact) mass is 481 g/mol. The number of nitrogens with zero attached hydrogens (tertiary/aromatic N) is 6. The van der Waals surface area contributed by atoms with E-state index in [0.717, 1.165) is 79.1 Å². The van der Waals surface area contributed by atoms with E-state index in [9.17, 15) is 0 Å². The predicted octanol–water partition coefficient (Wildman–Crippen LogP) is 3.11. The van der Waals surface area contributed by atoms with Gasteiger partial charge in [0.25, 0.3) is 0 Å². The van der Waals surface area contributed by atoms with Crippen LogP contribution < -0.4 is 10.5 Å². The van der Waals surface area contributed by atoms with E-state index in [0.29, 0.717) is 17.3 Å². The zero-order chi connectivity index (χ0) is 24.2. The smallest absolute Gasteiger partial charge is 0.223 e. The molecular weight excluding hydrogens is 450 g/mol. The Morgan fingerprint density at radius 2 is 1.94 bits per heavy atom. The lowest BCUT2D eigenvalue weighted by Gasteiger charge is -2.32. The normalized spacial score (nSPS) is 14.9. The van der Waals surface area contributed by atoms with Crippen LogP contribution in [-0.4, -0.2) is 76.2 Å². The molecule has 4 rings (SSSR count). The van der Waals surface area contributed by atoms with Crippen LogP contribution >= 0.6 is 11.6 Å². The van der Waals surface area contributed by atoms with E-state index >= 15 is 0 Å². The van der Waals surface area contributed by atoms with Gasteiger partial charge in [-0.2, -0.15) is 4.98 Å². The molecule has 180 valence electrons. The Bertz CT molecular complexity index is 1240. The molecular formula is C25H32ClN7O. The fourth-order valence-corrected chi connectivity index (χ4v) is 4.66. The molecule has 0 aliphatic carbocycles. The summed E-state index contributed by atoms with van der Waals surface area (Å²) in [7, 11) is 3.85. The van der Waals surface area contributed by atoms with Gasteiger partial charge in [0.2, 0.25) is 5.95 Å². The fourth-order valence-electron chi connectivity index (χ4n) is 4.39. The number of hydrogen-bond acceptors (Lipinski definition) is 7. The van der Waals surface area contributed by atoms with Crippen molar-refractivity contribution in [3.05, 3.63) is 39.9 Å². The zero-order valence-electron chi connectivity index (χ0n) is 20.4. The van der Waals surface area contributed by atoms with Crippen molar-refractivity contribution < 1.29 is 4.74 Å². The number of rotatable bonds is 6. The van der Waals surface area contributed by atoms with Crippen LogP contribution in [-0.2, 0) is 6.54 Å². The van der Waals surface area contributed by atoms with Gasteiger partial charge >= 0.3 is 0 Å². The topological polar surface area (TPSA) is 85.3 Å². The first-order valence-electron chi connectivity index (χ1n) is 11.6. The molecule has 0 amide bonds. The van der Waals surface area contributed by atoms with Crippen LogP contribution in [0.2, 0.25) is 5.15 Å². The summed E-state index contributed by atoms with van der Waals surface area (Å²) in [5.74, 6) is 7.59. The number of likely N-dealkylation sites (N-methyl/N-ethyl adjacent to an activating group) is 1. The molecule has 4 heterocycles. The van der Waals surface area contributed by atoms with Gasteiger partial charge < -0.3 is 24.8 Å². The van der Waals surface area contributed by atoms with Gasteiger partial charge in [0.05, 0.1) is 30.3 Å². The van der Waals surface area contributed by atoms with E-state index in [1.54, 1.807) is 7.11 Å². The standard InChI is InChI=1S/C25H32ClN7O/c1-17-14-28-20(18(2)22(17)34-4)16-33-15-19(21-23(26)29-25(27)30-24(21)33)8-6-5-7-9-32-12-10-31(3)11-13-32/h14-15H,5,7,9-13,16H2,1-4H3,(H2,27,29,30). The molecule has 0 unspecified atom stereocenters. The van der Waals surface area contributed by atoms with Crippen molar-refractivity contribution in [3.63, 3.8) is 0 Å². The molecule has 1 saturated heterocycles. The highest BCUT2D eigenvalue weighted by atomic mass is 35.5. The number of halogens is 1. The third-order valence-electron chi connectivity index (χ3n) is 6.35. The minimum atomic E-state index is 0.134. The maximum absolute atomic E-state index is 6.48. The number of piperazine rings is 1. The van der Waals surface area contributed by atoms with Gasteiger partial charge in [0.15, 0.2) is 0 Å². The summed E-state index contributed by atoms with van der Waals surface area (Å²) in [4.78, 5) is 18.1. The lowest BCUT2D eigenvalue weighted by molar-refractivity contribution is 0.153. The van der Waals surface area contributed by atoms with Crippen LogP contribution in [0.5, 0.6) is 5.75 Å². The van der Waals surface area contributed by atoms with Crippen molar-refractivity contribution in [2.45, 2.75) is 33.2 Å². The summed E-state index contributed by atoms with van der Waals surface area (Å²) < 4.78 is 7.55. The first kappa shape index (κ1) is 24.3. The lowest BCUT2D eigenvalue weighted by Crippen LogP contribution is -2.44. The number of hydrogen-bond donors (Lipinski definition) is 1. The number of ether oxygens (including phenoxy) is 1. The third kappa shape index (κ3) is 5.27. The van der Waals surface area contributed by atoms with Gasteiger partial charge in [-0.1, -0.05) is 23.4 Å². The van der Waals surface area contributed by atoms with Crippen molar-refractivity contribution in [1.82, 2.24) is 29.3 Å². The fraction of sp³-hybridized carbons (Fsp3) is 0.480. The molecule has 34 heavy (non-hydrogen) atoms. The summed E-state index contributed by atoms with van der Waals surface area (Å²) >= 11 is 6.48. The summed E-state index contributed by atoms with van der Waals surface area (Å²) in [5.41, 5.74) is 10.2. The number of methoxy groups -OCH3 is 1. The van der Waals surface area contributed by atoms with E-state index < -0.39 is 0 Å². The van der Waals surface area contributed by atoms with Gasteiger partial charge in [-0.05, 0) is 33.9 Å². The molecule has 8 nitrogen and oxygen atoms in total. The Morgan fingerprint density at radius 3 is 2.68 bits per heavy atom. The predicted molar refractivity (Wildman–Crippen MR) is 136 cm³/mol. The molecule has 9 heteroatoms.